The molecule has 3 rings (SSSR count). The molecular weight excluding hydrogens is 364 g/mol. The van der Waals surface area contributed by atoms with E-state index in [1.807, 2.05) is 30.3 Å². The topological polar surface area (TPSA) is 54.9 Å². The van der Waals surface area contributed by atoms with Crippen LogP contribution in [-0.4, -0.2) is 21.2 Å². The van der Waals surface area contributed by atoms with E-state index in [0.29, 0.717) is 9.47 Å². The van der Waals surface area contributed by atoms with Crippen LogP contribution in [-0.2, 0) is 0 Å². The molecule has 0 spiro atoms. The summed E-state index contributed by atoms with van der Waals surface area (Å²) in [7, 11) is 0. The normalized spacial score (nSPS) is 12.0. The molecule has 4 nitrogen and oxygen atoms in total. The van der Waals surface area contributed by atoms with Crippen molar-refractivity contribution in [2.75, 3.05) is 5.32 Å². The molecule has 0 saturated carbocycles. The number of para-hydroxylation sites is 1. The Labute approximate surface area is 151 Å². The lowest BCUT2D eigenvalue weighted by Crippen LogP contribution is -2.13. The highest BCUT2D eigenvalue weighted by Crippen LogP contribution is 2.31. The van der Waals surface area contributed by atoms with E-state index in [1.54, 1.807) is 6.92 Å². The SMILES string of the molecule is C[C@H](Sc1nnc(Nc2ccccc2)s1)C(=O)c1ccc(F)c(F)c1. The Kier molecular flexibility index (Phi) is 5.40. The monoisotopic (exact) mass is 377 g/mol. The smallest absolute Gasteiger partial charge is 0.210 e. The number of ketones is 1. The van der Waals surface area contributed by atoms with E-state index in [0.717, 1.165) is 17.8 Å². The third kappa shape index (κ3) is 4.40. The summed E-state index contributed by atoms with van der Waals surface area (Å²) in [4.78, 5) is 12.3. The van der Waals surface area contributed by atoms with Crippen LogP contribution >= 0.6 is 23.1 Å². The molecule has 2 aromatic carbocycles. The number of anilines is 2. The summed E-state index contributed by atoms with van der Waals surface area (Å²) in [6, 6.07) is 12.7. The minimum Gasteiger partial charge on any atom is -0.330 e. The Hall–Kier alpha value is -2.32. The fraction of sp³-hybridized carbons (Fsp3) is 0.118. The summed E-state index contributed by atoms with van der Waals surface area (Å²) < 4.78 is 26.9. The molecule has 0 amide bonds. The summed E-state index contributed by atoms with van der Waals surface area (Å²) in [5, 5.41) is 11.3. The van der Waals surface area contributed by atoms with Crippen molar-refractivity contribution in [3.63, 3.8) is 0 Å². The molecule has 0 fully saturated rings. The summed E-state index contributed by atoms with van der Waals surface area (Å²) in [6.07, 6.45) is 0. The molecule has 0 saturated heterocycles. The predicted octanol–water partition coefficient (Wildman–Crippen LogP) is 4.92. The lowest BCUT2D eigenvalue weighted by Gasteiger charge is -2.08. The van der Waals surface area contributed by atoms with Crippen molar-refractivity contribution in [3.8, 4) is 0 Å². The number of hydrogen-bond acceptors (Lipinski definition) is 6. The van der Waals surface area contributed by atoms with Crippen LogP contribution in [0, 0.1) is 11.6 Å². The maximum absolute atomic E-state index is 13.3. The first-order chi connectivity index (χ1) is 12.0. The number of hydrogen-bond donors (Lipinski definition) is 1. The van der Waals surface area contributed by atoms with Gasteiger partial charge in [-0.25, -0.2) is 8.78 Å². The molecule has 128 valence electrons. The lowest BCUT2D eigenvalue weighted by molar-refractivity contribution is 0.0993. The maximum atomic E-state index is 13.3. The van der Waals surface area contributed by atoms with Crippen molar-refractivity contribution < 1.29 is 13.6 Å². The van der Waals surface area contributed by atoms with Gasteiger partial charge in [-0.2, -0.15) is 0 Å². The molecule has 0 aliphatic rings. The van der Waals surface area contributed by atoms with E-state index in [2.05, 4.69) is 15.5 Å². The van der Waals surface area contributed by atoms with Crippen LogP contribution in [0.4, 0.5) is 19.6 Å². The third-order valence-electron chi connectivity index (χ3n) is 3.28. The van der Waals surface area contributed by atoms with Gasteiger partial charge in [0.2, 0.25) is 5.13 Å². The van der Waals surface area contributed by atoms with Crippen LogP contribution < -0.4 is 5.32 Å². The summed E-state index contributed by atoms with van der Waals surface area (Å²) in [5.41, 5.74) is 1.02. The average molecular weight is 377 g/mol. The zero-order valence-corrected chi connectivity index (χ0v) is 14.7. The van der Waals surface area contributed by atoms with Crippen LogP contribution in [0.15, 0.2) is 52.9 Å². The van der Waals surface area contributed by atoms with Gasteiger partial charge in [-0.05, 0) is 37.3 Å². The third-order valence-corrected chi connectivity index (χ3v) is 5.31. The number of benzene rings is 2. The molecule has 3 aromatic rings. The number of Topliss-reactive ketones (excluding diaryl/α,β-unsaturated/α-hetero) is 1. The molecule has 0 aliphatic heterocycles. The van der Waals surface area contributed by atoms with E-state index in [4.69, 9.17) is 0 Å². The molecule has 0 bridgehead atoms. The predicted molar refractivity (Wildman–Crippen MR) is 95.6 cm³/mol. The summed E-state index contributed by atoms with van der Waals surface area (Å²) in [5.74, 6) is -2.30. The Bertz CT molecular complexity index is 887. The van der Waals surface area contributed by atoms with Gasteiger partial charge in [-0.1, -0.05) is 41.3 Å². The molecule has 1 aromatic heterocycles. The van der Waals surface area contributed by atoms with Gasteiger partial charge in [0.15, 0.2) is 21.8 Å². The highest BCUT2D eigenvalue weighted by molar-refractivity contribution is 8.02. The quantitative estimate of drug-likeness (QED) is 0.488. The number of thioether (sulfide) groups is 1. The number of carbonyl (C=O) groups excluding carboxylic acids is 1. The molecule has 0 aliphatic carbocycles. The van der Waals surface area contributed by atoms with E-state index >= 15 is 0 Å². The van der Waals surface area contributed by atoms with Gasteiger partial charge in [0.25, 0.3) is 0 Å². The number of aromatic nitrogens is 2. The molecule has 1 heterocycles. The molecule has 0 radical (unpaired) electrons. The Morgan fingerprint density at radius 1 is 1.12 bits per heavy atom. The Morgan fingerprint density at radius 3 is 2.60 bits per heavy atom. The van der Waals surface area contributed by atoms with Crippen molar-refractivity contribution in [1.29, 1.82) is 0 Å². The van der Waals surface area contributed by atoms with Gasteiger partial charge in [0.1, 0.15) is 0 Å². The molecule has 1 atom stereocenters. The number of rotatable bonds is 6. The highest BCUT2D eigenvalue weighted by Gasteiger charge is 2.20. The van der Waals surface area contributed by atoms with Crippen LogP contribution in [0.1, 0.15) is 17.3 Å². The number of nitrogens with one attached hydrogen (secondary N) is 1. The number of carbonyl (C=O) groups is 1. The minimum atomic E-state index is -1.03. The minimum absolute atomic E-state index is 0.131. The second-order valence-corrected chi connectivity index (χ2v) is 7.68. The molecule has 8 heteroatoms. The van der Waals surface area contributed by atoms with E-state index in [1.165, 1.54) is 29.2 Å². The summed E-state index contributed by atoms with van der Waals surface area (Å²) >= 11 is 2.54. The van der Waals surface area contributed by atoms with E-state index < -0.39 is 16.9 Å². The summed E-state index contributed by atoms with van der Waals surface area (Å²) in [6.45, 7) is 1.69. The molecule has 0 unspecified atom stereocenters. The fourth-order valence-corrected chi connectivity index (χ4v) is 4.04. The van der Waals surface area contributed by atoms with Crippen LogP contribution in [0.3, 0.4) is 0 Å². The van der Waals surface area contributed by atoms with Crippen molar-refractivity contribution in [1.82, 2.24) is 10.2 Å². The highest BCUT2D eigenvalue weighted by atomic mass is 32.2. The number of nitrogens with zero attached hydrogens (tertiary/aromatic N) is 2. The first kappa shape index (κ1) is 17.5. The van der Waals surface area contributed by atoms with Gasteiger partial charge in [-0.15, -0.1) is 10.2 Å². The maximum Gasteiger partial charge on any atom is 0.210 e. The zero-order valence-electron chi connectivity index (χ0n) is 13.1. The van der Waals surface area contributed by atoms with Crippen molar-refractivity contribution in [2.24, 2.45) is 0 Å². The van der Waals surface area contributed by atoms with Crippen LogP contribution in [0.5, 0.6) is 0 Å². The van der Waals surface area contributed by atoms with E-state index in [9.17, 15) is 13.6 Å². The molecule has 25 heavy (non-hydrogen) atoms. The molecular formula is C17H13F2N3OS2. The van der Waals surface area contributed by atoms with E-state index in [-0.39, 0.29) is 11.3 Å². The van der Waals surface area contributed by atoms with Crippen molar-refractivity contribution >= 4 is 39.7 Å². The van der Waals surface area contributed by atoms with Gasteiger partial charge >= 0.3 is 0 Å². The van der Waals surface area contributed by atoms with Crippen molar-refractivity contribution in [3.05, 3.63) is 65.7 Å². The fourth-order valence-electron chi connectivity index (χ4n) is 2.04. The largest absolute Gasteiger partial charge is 0.330 e. The van der Waals surface area contributed by atoms with Gasteiger partial charge in [0, 0.05) is 11.3 Å². The standard InChI is InChI=1S/C17H13F2N3OS2/c1-10(15(23)11-7-8-13(18)14(19)9-11)24-17-22-21-16(25-17)20-12-5-3-2-4-6-12/h2-10H,1H3,(H,20,21)/t10-/m0/s1. The Balaban J connectivity index is 1.65. The lowest BCUT2D eigenvalue weighted by atomic mass is 10.1. The average Bonchev–Trinajstić information content (AvgIpc) is 3.04. The van der Waals surface area contributed by atoms with Crippen LogP contribution in [0.25, 0.3) is 0 Å². The second-order valence-electron chi connectivity index (χ2n) is 5.12. The van der Waals surface area contributed by atoms with Gasteiger partial charge in [-0.3, -0.25) is 4.79 Å². The Morgan fingerprint density at radius 2 is 1.88 bits per heavy atom. The van der Waals surface area contributed by atoms with Gasteiger partial charge < -0.3 is 5.32 Å². The van der Waals surface area contributed by atoms with Crippen LogP contribution in [0.2, 0.25) is 0 Å². The molecule has 1 N–H and O–H groups in total. The first-order valence-corrected chi connectivity index (χ1v) is 9.04. The second kappa shape index (κ2) is 7.71. The van der Waals surface area contributed by atoms with Gasteiger partial charge in [0.05, 0.1) is 5.25 Å². The van der Waals surface area contributed by atoms with Crippen molar-refractivity contribution in [2.45, 2.75) is 16.5 Å². The first-order valence-electron chi connectivity index (χ1n) is 7.34. The number of halogens is 2. The zero-order chi connectivity index (χ0) is 17.8.